The number of pyridine rings is 1. The Morgan fingerprint density at radius 3 is 3.14 bits per heavy atom. The molecule has 1 saturated heterocycles. The highest BCUT2D eigenvalue weighted by Crippen LogP contribution is 2.24. The first-order chi connectivity index (χ1) is 10.3. The van der Waals surface area contributed by atoms with E-state index in [0.717, 1.165) is 42.7 Å². The number of likely N-dealkylation sites (N-methyl/N-ethyl adjacent to an activating group) is 1. The second-order valence-electron chi connectivity index (χ2n) is 5.41. The zero-order valence-electron chi connectivity index (χ0n) is 12.3. The van der Waals surface area contributed by atoms with Crippen molar-refractivity contribution in [2.75, 3.05) is 26.2 Å². The van der Waals surface area contributed by atoms with Crippen LogP contribution in [0.3, 0.4) is 0 Å². The molecule has 0 spiro atoms. The first-order valence-electron chi connectivity index (χ1n) is 7.46. The van der Waals surface area contributed by atoms with Crippen molar-refractivity contribution < 1.29 is 4.74 Å². The average Bonchev–Trinajstić information content (AvgIpc) is 2.56. The SMILES string of the molecule is CCN1CCOC(C(NN)c2cnc3ccccc3c2)C1. The zero-order chi connectivity index (χ0) is 14.7. The molecule has 3 rings (SSSR count). The second kappa shape index (κ2) is 6.49. The van der Waals surface area contributed by atoms with E-state index in [4.69, 9.17) is 10.6 Å². The van der Waals surface area contributed by atoms with Gasteiger partial charge in [-0.1, -0.05) is 25.1 Å². The molecule has 2 heterocycles. The molecule has 5 heteroatoms. The first-order valence-corrected chi connectivity index (χ1v) is 7.46. The Balaban J connectivity index is 1.86. The van der Waals surface area contributed by atoms with E-state index in [1.165, 1.54) is 0 Å². The highest BCUT2D eigenvalue weighted by molar-refractivity contribution is 5.78. The van der Waals surface area contributed by atoms with Crippen molar-refractivity contribution in [2.24, 2.45) is 5.84 Å². The van der Waals surface area contributed by atoms with Crippen LogP contribution >= 0.6 is 0 Å². The van der Waals surface area contributed by atoms with Crippen molar-refractivity contribution in [3.05, 3.63) is 42.1 Å². The van der Waals surface area contributed by atoms with E-state index < -0.39 is 0 Å². The topological polar surface area (TPSA) is 63.4 Å². The van der Waals surface area contributed by atoms with Crippen LogP contribution in [-0.2, 0) is 4.74 Å². The number of fused-ring (bicyclic) bond motifs is 1. The van der Waals surface area contributed by atoms with E-state index in [9.17, 15) is 0 Å². The van der Waals surface area contributed by atoms with Crippen LogP contribution in [0.15, 0.2) is 36.5 Å². The third-order valence-corrected chi connectivity index (χ3v) is 4.15. The Morgan fingerprint density at radius 2 is 2.33 bits per heavy atom. The summed E-state index contributed by atoms with van der Waals surface area (Å²) in [6.45, 7) is 5.83. The van der Waals surface area contributed by atoms with Crippen LogP contribution < -0.4 is 11.3 Å². The van der Waals surface area contributed by atoms with Gasteiger partial charge in [-0.25, -0.2) is 0 Å². The van der Waals surface area contributed by atoms with Gasteiger partial charge in [-0.3, -0.25) is 21.2 Å². The minimum Gasteiger partial charge on any atom is -0.374 e. The van der Waals surface area contributed by atoms with E-state index >= 15 is 0 Å². The third kappa shape index (κ3) is 3.06. The van der Waals surface area contributed by atoms with Crippen LogP contribution in [0.1, 0.15) is 18.5 Å². The van der Waals surface area contributed by atoms with Gasteiger partial charge < -0.3 is 4.74 Å². The Kier molecular flexibility index (Phi) is 4.45. The summed E-state index contributed by atoms with van der Waals surface area (Å²) in [5.74, 6) is 5.79. The summed E-state index contributed by atoms with van der Waals surface area (Å²) in [5.41, 5.74) is 4.97. The fourth-order valence-corrected chi connectivity index (χ4v) is 2.90. The van der Waals surface area contributed by atoms with E-state index in [1.54, 1.807) is 0 Å². The maximum atomic E-state index is 5.92. The molecule has 0 amide bonds. The molecule has 2 unspecified atom stereocenters. The molecule has 5 nitrogen and oxygen atoms in total. The predicted molar refractivity (Wildman–Crippen MR) is 83.7 cm³/mol. The van der Waals surface area contributed by atoms with E-state index in [1.807, 2.05) is 24.4 Å². The number of para-hydroxylation sites is 1. The zero-order valence-corrected chi connectivity index (χ0v) is 12.3. The molecule has 21 heavy (non-hydrogen) atoms. The van der Waals surface area contributed by atoms with Crippen LogP contribution in [0.5, 0.6) is 0 Å². The van der Waals surface area contributed by atoms with Gasteiger partial charge in [0.15, 0.2) is 0 Å². The average molecular weight is 286 g/mol. The van der Waals surface area contributed by atoms with Gasteiger partial charge >= 0.3 is 0 Å². The molecular formula is C16H22N4O. The van der Waals surface area contributed by atoms with Crippen molar-refractivity contribution in [3.63, 3.8) is 0 Å². The molecule has 0 saturated carbocycles. The number of hydrazine groups is 1. The summed E-state index contributed by atoms with van der Waals surface area (Å²) < 4.78 is 5.92. The van der Waals surface area contributed by atoms with Crippen molar-refractivity contribution in [2.45, 2.75) is 19.1 Å². The molecule has 1 aromatic heterocycles. The van der Waals surface area contributed by atoms with Gasteiger partial charge in [-0.05, 0) is 24.2 Å². The number of nitrogens with zero attached hydrogens (tertiary/aromatic N) is 2. The third-order valence-electron chi connectivity index (χ3n) is 4.15. The highest BCUT2D eigenvalue weighted by Gasteiger charge is 2.28. The monoisotopic (exact) mass is 286 g/mol. The number of hydrogen-bond donors (Lipinski definition) is 2. The molecule has 0 bridgehead atoms. The summed E-state index contributed by atoms with van der Waals surface area (Å²) in [6.07, 6.45) is 1.94. The van der Waals surface area contributed by atoms with E-state index in [2.05, 4.69) is 34.4 Å². The lowest BCUT2D eigenvalue weighted by Gasteiger charge is -2.36. The van der Waals surface area contributed by atoms with Gasteiger partial charge in [0.25, 0.3) is 0 Å². The number of ether oxygens (including phenoxy) is 1. The summed E-state index contributed by atoms with van der Waals surface area (Å²) in [6, 6.07) is 10.2. The Labute approximate surface area is 125 Å². The highest BCUT2D eigenvalue weighted by atomic mass is 16.5. The van der Waals surface area contributed by atoms with Crippen LogP contribution in [0.25, 0.3) is 10.9 Å². The molecule has 0 radical (unpaired) electrons. The summed E-state index contributed by atoms with van der Waals surface area (Å²) in [5, 5.41) is 1.12. The van der Waals surface area contributed by atoms with Crippen molar-refractivity contribution >= 4 is 10.9 Å². The molecule has 112 valence electrons. The number of rotatable bonds is 4. The van der Waals surface area contributed by atoms with Gasteiger partial charge in [0.05, 0.1) is 24.3 Å². The smallest absolute Gasteiger partial charge is 0.0910 e. The first kappa shape index (κ1) is 14.4. The van der Waals surface area contributed by atoms with Crippen molar-refractivity contribution in [3.8, 4) is 0 Å². The molecule has 3 N–H and O–H groups in total. The molecule has 1 aromatic carbocycles. The molecule has 2 atom stereocenters. The lowest BCUT2D eigenvalue weighted by Crippen LogP contribution is -2.49. The number of aromatic nitrogens is 1. The Bertz CT molecular complexity index is 604. The number of nitrogens with one attached hydrogen (secondary N) is 1. The largest absolute Gasteiger partial charge is 0.374 e. The molecule has 1 aliphatic rings. The lowest BCUT2D eigenvalue weighted by molar-refractivity contribution is -0.0456. The predicted octanol–water partition coefficient (Wildman–Crippen LogP) is 1.46. The number of morpholine rings is 1. The Hall–Kier alpha value is -1.53. The lowest BCUT2D eigenvalue weighted by atomic mass is 10.0. The number of benzene rings is 1. The molecule has 1 aliphatic heterocycles. The normalized spacial score (nSPS) is 21.5. The maximum absolute atomic E-state index is 5.92. The van der Waals surface area contributed by atoms with E-state index in [-0.39, 0.29) is 12.1 Å². The second-order valence-corrected chi connectivity index (χ2v) is 5.41. The minimum atomic E-state index is -0.0449. The van der Waals surface area contributed by atoms with Crippen molar-refractivity contribution in [1.29, 1.82) is 0 Å². The molecule has 2 aromatic rings. The summed E-state index contributed by atoms with van der Waals surface area (Å²) in [7, 11) is 0. The maximum Gasteiger partial charge on any atom is 0.0910 e. The van der Waals surface area contributed by atoms with Crippen LogP contribution in [0.4, 0.5) is 0 Å². The number of hydrogen-bond acceptors (Lipinski definition) is 5. The quantitative estimate of drug-likeness (QED) is 0.658. The Morgan fingerprint density at radius 1 is 1.48 bits per heavy atom. The molecule has 0 aliphatic carbocycles. The van der Waals surface area contributed by atoms with Crippen molar-refractivity contribution in [1.82, 2.24) is 15.3 Å². The summed E-state index contributed by atoms with van der Waals surface area (Å²) >= 11 is 0. The van der Waals surface area contributed by atoms with E-state index in [0.29, 0.717) is 0 Å². The minimum absolute atomic E-state index is 0.0449. The van der Waals surface area contributed by atoms with Crippen LogP contribution in [-0.4, -0.2) is 42.2 Å². The number of nitrogens with two attached hydrogens (primary N) is 1. The van der Waals surface area contributed by atoms with Crippen LogP contribution in [0, 0.1) is 0 Å². The van der Waals surface area contributed by atoms with Crippen LogP contribution in [0.2, 0.25) is 0 Å². The summed E-state index contributed by atoms with van der Waals surface area (Å²) in [4.78, 5) is 6.90. The van der Waals surface area contributed by atoms with Gasteiger partial charge in [0.2, 0.25) is 0 Å². The van der Waals surface area contributed by atoms with Gasteiger partial charge in [-0.2, -0.15) is 0 Å². The van der Waals surface area contributed by atoms with Gasteiger partial charge in [0.1, 0.15) is 0 Å². The fourth-order valence-electron chi connectivity index (χ4n) is 2.90. The molecular weight excluding hydrogens is 264 g/mol. The fraction of sp³-hybridized carbons (Fsp3) is 0.438. The molecule has 1 fully saturated rings. The van der Waals surface area contributed by atoms with Gasteiger partial charge in [0, 0.05) is 24.7 Å². The standard InChI is InChI=1S/C16H22N4O/c1-2-20-7-8-21-15(11-20)16(19-17)13-9-12-5-3-4-6-14(12)18-10-13/h3-6,9-10,15-16,19H,2,7-8,11,17H2,1H3. The van der Waals surface area contributed by atoms with Gasteiger partial charge in [-0.15, -0.1) is 0 Å².